The molecule has 1 aromatic heterocycles. The molecule has 0 aliphatic heterocycles. The zero-order valence-electron chi connectivity index (χ0n) is 14.3. The van der Waals surface area contributed by atoms with Crippen molar-refractivity contribution >= 4 is 53.2 Å². The van der Waals surface area contributed by atoms with Gasteiger partial charge >= 0.3 is 0 Å². The van der Waals surface area contributed by atoms with E-state index in [-0.39, 0.29) is 17.2 Å². The molecule has 3 aromatic rings. The highest BCUT2D eigenvalue weighted by Crippen LogP contribution is 2.22. The van der Waals surface area contributed by atoms with E-state index >= 15 is 0 Å². The fourth-order valence-corrected chi connectivity index (χ4v) is 4.91. The highest BCUT2D eigenvalue weighted by molar-refractivity contribution is 9.10. The zero-order chi connectivity index (χ0) is 18.9. The zero-order valence-corrected chi connectivity index (χ0v) is 17.5. The molecule has 0 saturated carbocycles. The van der Waals surface area contributed by atoms with Gasteiger partial charge in [-0.3, -0.25) is 4.79 Å². The summed E-state index contributed by atoms with van der Waals surface area (Å²) in [7, 11) is -3.24. The Labute approximate surface area is 164 Å². The van der Waals surface area contributed by atoms with E-state index in [4.69, 9.17) is 0 Å². The van der Waals surface area contributed by atoms with Crippen LogP contribution < -0.4 is 4.80 Å². The summed E-state index contributed by atoms with van der Waals surface area (Å²) in [6.45, 7) is 2.73. The summed E-state index contributed by atoms with van der Waals surface area (Å²) in [6.07, 6.45) is 1.29. The fraction of sp³-hybridized carbons (Fsp3) is 0.222. The molecular formula is C18H17BrN2O3S2. The van der Waals surface area contributed by atoms with Gasteiger partial charge in [0.2, 0.25) is 0 Å². The van der Waals surface area contributed by atoms with Crippen LogP contribution in [0.1, 0.15) is 12.5 Å². The SMILES string of the molecule is CCn1c(=NC(=O)Cc2ccc(S(C)(=O)=O)cc2)sc2cc(Br)ccc21. The third-order valence-corrected chi connectivity index (χ3v) is 6.55. The standard InChI is InChI=1S/C18H17BrN2O3S2/c1-3-21-15-9-6-13(19)11-16(15)25-18(21)20-17(22)10-12-4-7-14(8-5-12)26(2,23)24/h4-9,11H,3,10H2,1-2H3. The first kappa shape index (κ1) is 19.0. The molecule has 0 spiro atoms. The normalized spacial score (nSPS) is 12.7. The third-order valence-electron chi connectivity index (χ3n) is 3.89. The van der Waals surface area contributed by atoms with Crippen molar-refractivity contribution in [3.8, 4) is 0 Å². The van der Waals surface area contributed by atoms with Gasteiger partial charge < -0.3 is 4.57 Å². The van der Waals surface area contributed by atoms with Crippen molar-refractivity contribution < 1.29 is 13.2 Å². The Morgan fingerprint density at radius 2 is 1.88 bits per heavy atom. The number of thiazole rings is 1. The molecule has 0 atom stereocenters. The molecule has 0 bridgehead atoms. The largest absolute Gasteiger partial charge is 0.317 e. The number of aromatic nitrogens is 1. The minimum Gasteiger partial charge on any atom is -0.317 e. The lowest BCUT2D eigenvalue weighted by Gasteiger charge is -2.02. The van der Waals surface area contributed by atoms with E-state index in [0.29, 0.717) is 4.80 Å². The van der Waals surface area contributed by atoms with Crippen molar-refractivity contribution in [2.24, 2.45) is 4.99 Å². The van der Waals surface area contributed by atoms with E-state index in [9.17, 15) is 13.2 Å². The van der Waals surface area contributed by atoms with E-state index in [1.807, 2.05) is 29.7 Å². The number of amides is 1. The third kappa shape index (κ3) is 4.13. The lowest BCUT2D eigenvalue weighted by molar-refractivity contribution is -0.117. The molecule has 0 unspecified atom stereocenters. The fourth-order valence-electron chi connectivity index (χ4n) is 2.61. The van der Waals surface area contributed by atoms with Crippen LogP contribution in [-0.4, -0.2) is 25.1 Å². The number of nitrogens with zero attached hydrogens (tertiary/aromatic N) is 2. The Bertz CT molecular complexity index is 1140. The maximum atomic E-state index is 12.4. The molecule has 0 radical (unpaired) electrons. The summed E-state index contributed by atoms with van der Waals surface area (Å²) in [4.78, 5) is 17.6. The van der Waals surface area contributed by atoms with Crippen molar-refractivity contribution in [1.82, 2.24) is 4.57 Å². The molecule has 1 heterocycles. The molecule has 0 fully saturated rings. The Balaban J connectivity index is 1.90. The van der Waals surface area contributed by atoms with Crippen LogP contribution in [-0.2, 0) is 27.6 Å². The number of hydrogen-bond donors (Lipinski definition) is 0. The number of carbonyl (C=O) groups is 1. The molecule has 0 N–H and O–H groups in total. The second-order valence-corrected chi connectivity index (χ2v) is 9.78. The number of benzene rings is 2. The number of hydrogen-bond acceptors (Lipinski definition) is 4. The lowest BCUT2D eigenvalue weighted by atomic mass is 10.1. The van der Waals surface area contributed by atoms with E-state index < -0.39 is 9.84 Å². The Kier molecular flexibility index (Phi) is 5.45. The lowest BCUT2D eigenvalue weighted by Crippen LogP contribution is -2.16. The molecule has 2 aromatic carbocycles. The first-order valence-corrected chi connectivity index (χ1v) is 11.4. The summed E-state index contributed by atoms with van der Waals surface area (Å²) in [5.41, 5.74) is 1.78. The molecule has 3 rings (SSSR count). The van der Waals surface area contributed by atoms with Crippen molar-refractivity contribution in [3.63, 3.8) is 0 Å². The van der Waals surface area contributed by atoms with Crippen LogP contribution in [0.5, 0.6) is 0 Å². The first-order valence-electron chi connectivity index (χ1n) is 7.93. The molecule has 5 nitrogen and oxygen atoms in total. The quantitative estimate of drug-likeness (QED) is 0.607. The van der Waals surface area contributed by atoms with Gasteiger partial charge in [0.15, 0.2) is 14.6 Å². The Hall–Kier alpha value is -1.77. The minimum absolute atomic E-state index is 0.131. The van der Waals surface area contributed by atoms with Gasteiger partial charge in [-0.1, -0.05) is 39.4 Å². The molecular weight excluding hydrogens is 436 g/mol. The molecule has 26 heavy (non-hydrogen) atoms. The average Bonchev–Trinajstić information content (AvgIpc) is 2.90. The number of fused-ring (bicyclic) bond motifs is 1. The summed E-state index contributed by atoms with van der Waals surface area (Å²) < 4.78 is 27.1. The van der Waals surface area contributed by atoms with Crippen LogP contribution in [0.3, 0.4) is 0 Å². The number of rotatable bonds is 4. The Morgan fingerprint density at radius 3 is 2.50 bits per heavy atom. The smallest absolute Gasteiger partial charge is 0.252 e. The highest BCUT2D eigenvalue weighted by atomic mass is 79.9. The van der Waals surface area contributed by atoms with Gasteiger partial charge in [-0.05, 0) is 42.8 Å². The number of sulfone groups is 1. The van der Waals surface area contributed by atoms with Gasteiger partial charge in [0.05, 0.1) is 21.5 Å². The average molecular weight is 453 g/mol. The molecule has 0 aliphatic carbocycles. The maximum absolute atomic E-state index is 12.4. The maximum Gasteiger partial charge on any atom is 0.252 e. The van der Waals surface area contributed by atoms with Gasteiger partial charge in [0.1, 0.15) is 0 Å². The van der Waals surface area contributed by atoms with E-state index in [0.717, 1.165) is 33.1 Å². The van der Waals surface area contributed by atoms with E-state index in [1.54, 1.807) is 12.1 Å². The van der Waals surface area contributed by atoms with Crippen LogP contribution in [0.4, 0.5) is 0 Å². The van der Waals surface area contributed by atoms with Crippen LogP contribution in [0, 0.1) is 0 Å². The van der Waals surface area contributed by atoms with Crippen molar-refractivity contribution in [3.05, 3.63) is 57.3 Å². The van der Waals surface area contributed by atoms with Crippen molar-refractivity contribution in [1.29, 1.82) is 0 Å². The van der Waals surface area contributed by atoms with Crippen molar-refractivity contribution in [2.45, 2.75) is 24.8 Å². The number of aryl methyl sites for hydroxylation is 1. The van der Waals surface area contributed by atoms with Crippen molar-refractivity contribution in [2.75, 3.05) is 6.26 Å². The van der Waals surface area contributed by atoms with E-state index in [2.05, 4.69) is 20.9 Å². The first-order chi connectivity index (χ1) is 12.3. The second-order valence-electron chi connectivity index (χ2n) is 5.84. The predicted molar refractivity (Wildman–Crippen MR) is 107 cm³/mol. The van der Waals surface area contributed by atoms with Gasteiger partial charge in [-0.2, -0.15) is 4.99 Å². The molecule has 0 saturated heterocycles. The van der Waals surface area contributed by atoms with Crippen LogP contribution in [0.25, 0.3) is 10.2 Å². The van der Waals surface area contributed by atoms with Gasteiger partial charge in [0.25, 0.3) is 5.91 Å². The summed E-state index contributed by atoms with van der Waals surface area (Å²) in [6, 6.07) is 12.3. The van der Waals surface area contributed by atoms with E-state index in [1.165, 1.54) is 23.5 Å². The monoisotopic (exact) mass is 452 g/mol. The molecule has 136 valence electrons. The minimum atomic E-state index is -3.24. The second kappa shape index (κ2) is 7.46. The van der Waals surface area contributed by atoms with Gasteiger partial charge in [0, 0.05) is 17.3 Å². The topological polar surface area (TPSA) is 68.5 Å². The number of halogens is 1. The predicted octanol–water partition coefficient (Wildman–Crippen LogP) is 3.56. The molecule has 1 amide bonds. The van der Waals surface area contributed by atoms with Gasteiger partial charge in [-0.25, -0.2) is 8.42 Å². The summed E-state index contributed by atoms with van der Waals surface area (Å²) in [5.74, 6) is -0.259. The van der Waals surface area contributed by atoms with Crippen LogP contribution >= 0.6 is 27.3 Å². The Morgan fingerprint density at radius 1 is 1.19 bits per heavy atom. The summed E-state index contributed by atoms with van der Waals surface area (Å²) in [5, 5.41) is 0. The van der Waals surface area contributed by atoms with Gasteiger partial charge in [-0.15, -0.1) is 0 Å². The molecule has 8 heteroatoms. The summed E-state index contributed by atoms with van der Waals surface area (Å²) >= 11 is 4.93. The highest BCUT2D eigenvalue weighted by Gasteiger charge is 2.10. The van der Waals surface area contributed by atoms with Crippen LogP contribution in [0.15, 0.2) is 56.8 Å². The number of carbonyl (C=O) groups excluding carboxylic acids is 1. The molecule has 0 aliphatic rings. The van der Waals surface area contributed by atoms with Crippen LogP contribution in [0.2, 0.25) is 0 Å².